The van der Waals surface area contributed by atoms with Crippen LogP contribution < -0.4 is 21.7 Å². The number of carboxylic acids is 1. The smallest absolute Gasteiger partial charge is 0.303 e. The van der Waals surface area contributed by atoms with Crippen LogP contribution in [0.1, 0.15) is 32.1 Å². The van der Waals surface area contributed by atoms with Gasteiger partial charge in [-0.05, 0) is 12.8 Å². The molecule has 2 aliphatic heterocycles. The lowest BCUT2D eigenvalue weighted by molar-refractivity contribution is -0.137. The van der Waals surface area contributed by atoms with Gasteiger partial charge in [-0.1, -0.05) is 6.42 Å². The molecular weight excluding hydrogens is 292 g/mol. The average molecular weight is 316 g/mol. The van der Waals surface area contributed by atoms with Crippen molar-refractivity contribution in [1.82, 2.24) is 16.0 Å². The van der Waals surface area contributed by atoms with Crippen molar-refractivity contribution in [2.45, 2.75) is 55.7 Å². The number of thioether (sulfide) groups is 1. The molecule has 8 heteroatoms. The van der Waals surface area contributed by atoms with Gasteiger partial charge in [-0.25, -0.2) is 0 Å². The molecule has 0 aromatic carbocycles. The molecule has 0 aromatic rings. The number of amides is 1. The second-order valence-corrected chi connectivity index (χ2v) is 6.79. The van der Waals surface area contributed by atoms with Crippen molar-refractivity contribution in [3.05, 3.63) is 0 Å². The maximum Gasteiger partial charge on any atom is 0.303 e. The minimum atomic E-state index is -0.727. The summed E-state index contributed by atoms with van der Waals surface area (Å²) in [6.07, 6.45) is 3.07. The Kier molecular flexibility index (Phi) is 6.28. The van der Waals surface area contributed by atoms with E-state index in [4.69, 9.17) is 10.8 Å². The summed E-state index contributed by atoms with van der Waals surface area (Å²) in [5.74, 6) is 0.244. The number of rotatable bonds is 8. The second-order valence-electron chi connectivity index (χ2n) is 5.52. The molecule has 0 aliphatic carbocycles. The number of carbonyl (C=O) groups excluding carboxylic acids is 1. The van der Waals surface area contributed by atoms with Gasteiger partial charge in [0.05, 0.1) is 0 Å². The number of hydrogen-bond donors (Lipinski definition) is 5. The number of aliphatic carboxylic acids is 1. The lowest BCUT2D eigenvalue weighted by Gasteiger charge is -2.19. The van der Waals surface area contributed by atoms with Crippen LogP contribution >= 0.6 is 11.8 Å². The number of nitrogens with one attached hydrogen (secondary N) is 3. The standard InChI is InChI=1S/C13H24N4O3S/c14-6-5-10(18)16-13-15-8-7-21-9(12(8)17-13)3-1-2-4-11(19)20/h8-9,12-13,15,17H,1-7,14H2,(H,16,18)(H,19,20)/t8-,9-,12-,13?/m0/s1. The summed E-state index contributed by atoms with van der Waals surface area (Å²) in [5, 5.41) is 18.8. The predicted octanol–water partition coefficient (Wildman–Crippen LogP) is -0.575. The minimum absolute atomic E-state index is 0.0480. The maximum absolute atomic E-state index is 11.5. The molecule has 0 spiro atoms. The van der Waals surface area contributed by atoms with Crippen LogP contribution in [0.25, 0.3) is 0 Å². The van der Waals surface area contributed by atoms with Crippen LogP contribution in [-0.2, 0) is 9.59 Å². The lowest BCUT2D eigenvalue weighted by atomic mass is 10.0. The summed E-state index contributed by atoms with van der Waals surface area (Å²) < 4.78 is 0. The first kappa shape index (κ1) is 16.5. The van der Waals surface area contributed by atoms with Gasteiger partial charge in [-0.2, -0.15) is 11.8 Å². The van der Waals surface area contributed by atoms with Crippen LogP contribution in [0.15, 0.2) is 0 Å². The highest BCUT2D eigenvalue weighted by Crippen LogP contribution is 2.33. The highest BCUT2D eigenvalue weighted by atomic mass is 32.2. The molecule has 2 aliphatic rings. The van der Waals surface area contributed by atoms with Gasteiger partial charge in [0.2, 0.25) is 5.91 Å². The van der Waals surface area contributed by atoms with E-state index in [9.17, 15) is 9.59 Å². The van der Waals surface area contributed by atoms with E-state index in [0.29, 0.717) is 30.3 Å². The zero-order chi connectivity index (χ0) is 15.2. The Labute approximate surface area is 128 Å². The fourth-order valence-electron chi connectivity index (χ4n) is 2.86. The summed E-state index contributed by atoms with van der Waals surface area (Å²) in [4.78, 5) is 22.0. The van der Waals surface area contributed by atoms with Crippen LogP contribution in [0.3, 0.4) is 0 Å². The van der Waals surface area contributed by atoms with Crippen LogP contribution in [0.4, 0.5) is 0 Å². The van der Waals surface area contributed by atoms with Crippen molar-refractivity contribution in [2.75, 3.05) is 12.3 Å². The first-order valence-corrected chi connectivity index (χ1v) is 8.50. The molecule has 2 saturated heterocycles. The van der Waals surface area contributed by atoms with Crippen molar-refractivity contribution >= 4 is 23.6 Å². The highest BCUT2D eigenvalue weighted by Gasteiger charge is 2.43. The zero-order valence-electron chi connectivity index (χ0n) is 12.0. The van der Waals surface area contributed by atoms with E-state index >= 15 is 0 Å². The molecule has 2 fully saturated rings. The van der Waals surface area contributed by atoms with E-state index < -0.39 is 5.97 Å². The first-order valence-electron chi connectivity index (χ1n) is 7.45. The van der Waals surface area contributed by atoms with Crippen LogP contribution in [-0.4, -0.2) is 52.9 Å². The molecule has 7 nitrogen and oxygen atoms in total. The van der Waals surface area contributed by atoms with E-state index in [2.05, 4.69) is 16.0 Å². The largest absolute Gasteiger partial charge is 0.481 e. The number of unbranched alkanes of at least 4 members (excludes halogenated alkanes) is 1. The topological polar surface area (TPSA) is 116 Å². The number of carboxylic acid groups (broad SMARTS) is 1. The van der Waals surface area contributed by atoms with Crippen molar-refractivity contribution in [1.29, 1.82) is 0 Å². The number of carbonyl (C=O) groups is 2. The summed E-state index contributed by atoms with van der Waals surface area (Å²) in [6, 6.07) is 0.700. The molecule has 0 radical (unpaired) electrons. The van der Waals surface area contributed by atoms with Crippen molar-refractivity contribution in [3.63, 3.8) is 0 Å². The number of nitrogens with two attached hydrogens (primary N) is 1. The van der Waals surface area contributed by atoms with Crippen LogP contribution in [0.5, 0.6) is 0 Å². The third-order valence-electron chi connectivity index (χ3n) is 3.87. The van der Waals surface area contributed by atoms with Gasteiger partial charge in [-0.3, -0.25) is 20.2 Å². The summed E-state index contributed by atoms with van der Waals surface area (Å²) >= 11 is 1.92. The zero-order valence-corrected chi connectivity index (χ0v) is 12.8. The van der Waals surface area contributed by atoms with E-state index in [0.717, 1.165) is 25.0 Å². The molecule has 120 valence electrons. The fraction of sp³-hybridized carbons (Fsp3) is 0.846. The molecule has 2 heterocycles. The van der Waals surface area contributed by atoms with Gasteiger partial charge < -0.3 is 16.2 Å². The van der Waals surface area contributed by atoms with E-state index in [1.807, 2.05) is 11.8 Å². The highest BCUT2D eigenvalue weighted by molar-refractivity contribution is 8.00. The molecule has 6 N–H and O–H groups in total. The number of hydrogen-bond acceptors (Lipinski definition) is 6. The first-order chi connectivity index (χ1) is 10.1. The Morgan fingerprint density at radius 1 is 1.29 bits per heavy atom. The molecule has 0 aromatic heterocycles. The molecule has 1 unspecified atom stereocenters. The third kappa shape index (κ3) is 4.84. The predicted molar refractivity (Wildman–Crippen MR) is 81.8 cm³/mol. The maximum atomic E-state index is 11.5. The molecule has 2 rings (SSSR count). The summed E-state index contributed by atoms with van der Waals surface area (Å²) in [7, 11) is 0. The molecule has 1 amide bonds. The monoisotopic (exact) mass is 316 g/mol. The molecule has 21 heavy (non-hydrogen) atoms. The molecular formula is C13H24N4O3S. The lowest BCUT2D eigenvalue weighted by Crippen LogP contribution is -2.50. The van der Waals surface area contributed by atoms with Gasteiger partial charge >= 0.3 is 5.97 Å². The molecule has 4 atom stereocenters. The number of fused-ring (bicyclic) bond motifs is 1. The second kappa shape index (κ2) is 7.98. The SMILES string of the molecule is NCCC(=O)NC1N[C@H]2[C@H](CS[C@H]2CCCCC(=O)O)N1. The summed E-state index contributed by atoms with van der Waals surface area (Å²) in [5.41, 5.74) is 5.36. The van der Waals surface area contributed by atoms with Crippen molar-refractivity contribution in [3.8, 4) is 0 Å². The van der Waals surface area contributed by atoms with E-state index in [-0.39, 0.29) is 18.6 Å². The quantitative estimate of drug-likeness (QED) is 0.381. The van der Waals surface area contributed by atoms with E-state index in [1.54, 1.807) is 0 Å². The Morgan fingerprint density at radius 3 is 2.81 bits per heavy atom. The Morgan fingerprint density at radius 2 is 2.10 bits per heavy atom. The Bertz CT molecular complexity index is 382. The van der Waals surface area contributed by atoms with Crippen LogP contribution in [0.2, 0.25) is 0 Å². The van der Waals surface area contributed by atoms with Crippen LogP contribution in [0, 0.1) is 0 Å². The Balaban J connectivity index is 1.71. The molecule has 0 bridgehead atoms. The normalized spacial score (nSPS) is 31.1. The van der Waals surface area contributed by atoms with Gasteiger partial charge in [-0.15, -0.1) is 0 Å². The molecule has 0 saturated carbocycles. The van der Waals surface area contributed by atoms with Gasteiger partial charge in [0.15, 0.2) is 0 Å². The van der Waals surface area contributed by atoms with Crippen molar-refractivity contribution in [2.24, 2.45) is 5.73 Å². The van der Waals surface area contributed by atoms with Gasteiger partial charge in [0, 0.05) is 42.5 Å². The summed E-state index contributed by atoms with van der Waals surface area (Å²) in [6.45, 7) is 0.355. The third-order valence-corrected chi connectivity index (χ3v) is 5.38. The fourth-order valence-corrected chi connectivity index (χ4v) is 4.42. The Hall–Kier alpha value is -0.830. The average Bonchev–Trinajstić information content (AvgIpc) is 2.95. The van der Waals surface area contributed by atoms with Crippen molar-refractivity contribution < 1.29 is 14.7 Å². The minimum Gasteiger partial charge on any atom is -0.481 e. The van der Waals surface area contributed by atoms with Gasteiger partial charge in [0.1, 0.15) is 6.29 Å². The van der Waals surface area contributed by atoms with Gasteiger partial charge in [0.25, 0.3) is 0 Å². The van der Waals surface area contributed by atoms with E-state index in [1.165, 1.54) is 0 Å².